The summed E-state index contributed by atoms with van der Waals surface area (Å²) in [5, 5.41) is 19.1. The predicted molar refractivity (Wildman–Crippen MR) is 65.2 cm³/mol. The molecule has 0 aliphatic heterocycles. The largest absolute Gasteiger partial charge is 0.507 e. The van der Waals surface area contributed by atoms with E-state index in [4.69, 9.17) is 9.47 Å². The number of phenols is 1. The number of aliphatic hydroxyl groups excluding tert-OH is 1. The molecule has 1 rings (SSSR count). The number of benzene rings is 1. The molecule has 1 unspecified atom stereocenters. The molecule has 100 valence electrons. The number of rotatable bonds is 5. The lowest BCUT2D eigenvalue weighted by atomic mass is 10.1. The second-order valence-corrected chi connectivity index (χ2v) is 4.36. The number of aliphatic hydroxyl groups is 1. The third-order valence-corrected chi connectivity index (χ3v) is 2.30. The van der Waals surface area contributed by atoms with Gasteiger partial charge in [0.2, 0.25) is 0 Å². The normalized spacial score (nSPS) is 12.5. The quantitative estimate of drug-likeness (QED) is 0.619. The lowest BCUT2D eigenvalue weighted by molar-refractivity contribution is -0.0769. The van der Waals surface area contributed by atoms with Gasteiger partial charge in [0.25, 0.3) is 0 Å². The summed E-state index contributed by atoms with van der Waals surface area (Å²) in [7, 11) is 1.34. The van der Waals surface area contributed by atoms with Gasteiger partial charge in [-0.1, -0.05) is 19.9 Å². The highest BCUT2D eigenvalue weighted by atomic mass is 16.6. The molecule has 5 nitrogen and oxygen atoms in total. The minimum Gasteiger partial charge on any atom is -0.507 e. The Balaban J connectivity index is 2.89. The topological polar surface area (TPSA) is 76.0 Å². The van der Waals surface area contributed by atoms with E-state index in [2.05, 4.69) is 0 Å². The van der Waals surface area contributed by atoms with E-state index in [1.165, 1.54) is 25.3 Å². The number of hydrogen-bond donors (Lipinski definition) is 2. The van der Waals surface area contributed by atoms with Crippen molar-refractivity contribution in [2.75, 3.05) is 13.7 Å². The third kappa shape index (κ3) is 3.72. The first kappa shape index (κ1) is 14.5. The van der Waals surface area contributed by atoms with Crippen LogP contribution in [0.15, 0.2) is 18.2 Å². The van der Waals surface area contributed by atoms with Crippen LogP contribution in [-0.4, -0.2) is 29.9 Å². The highest BCUT2D eigenvalue weighted by Crippen LogP contribution is 2.23. The summed E-state index contributed by atoms with van der Waals surface area (Å²) in [4.78, 5) is 11.7. The van der Waals surface area contributed by atoms with Crippen LogP contribution in [-0.2, 0) is 9.47 Å². The van der Waals surface area contributed by atoms with Gasteiger partial charge in [-0.25, -0.2) is 4.79 Å². The average Bonchev–Trinajstić information content (AvgIpc) is 2.35. The van der Waals surface area contributed by atoms with Gasteiger partial charge in [0.05, 0.1) is 6.61 Å². The molecule has 5 heteroatoms. The smallest absolute Gasteiger partial charge is 0.341 e. The zero-order chi connectivity index (χ0) is 13.7. The minimum atomic E-state index is -1.14. The lowest BCUT2D eigenvalue weighted by Crippen LogP contribution is -2.11. The Labute approximate surface area is 106 Å². The number of carbonyl (C=O) groups excluding carboxylic acids is 1. The number of ether oxygens (including phenoxy) is 2. The fraction of sp³-hybridized carbons (Fsp3) is 0.462. The molecular weight excluding hydrogens is 236 g/mol. The Morgan fingerprint density at radius 2 is 2.06 bits per heavy atom. The summed E-state index contributed by atoms with van der Waals surface area (Å²) in [6, 6.07) is 4.15. The lowest BCUT2D eigenvalue weighted by Gasteiger charge is -2.12. The van der Waals surface area contributed by atoms with Crippen molar-refractivity contribution in [2.45, 2.75) is 20.1 Å². The van der Waals surface area contributed by atoms with Crippen LogP contribution in [0.3, 0.4) is 0 Å². The number of phenolic OH excluding ortho intramolecular Hbond substituents is 1. The van der Waals surface area contributed by atoms with Gasteiger partial charge in [0, 0.05) is 12.7 Å². The number of methoxy groups -OCH3 is 1. The van der Waals surface area contributed by atoms with Crippen molar-refractivity contribution in [3.05, 3.63) is 29.3 Å². The van der Waals surface area contributed by atoms with E-state index in [9.17, 15) is 15.0 Å². The second kappa shape index (κ2) is 6.37. The molecule has 0 aliphatic carbocycles. The molecule has 0 fully saturated rings. The van der Waals surface area contributed by atoms with Crippen LogP contribution < -0.4 is 0 Å². The summed E-state index contributed by atoms with van der Waals surface area (Å²) in [5.41, 5.74) is 0.399. The summed E-state index contributed by atoms with van der Waals surface area (Å²) < 4.78 is 9.75. The summed E-state index contributed by atoms with van der Waals surface area (Å²) in [5.74, 6) is -0.592. The molecule has 0 spiro atoms. The maximum absolute atomic E-state index is 11.7. The van der Waals surface area contributed by atoms with Crippen LogP contribution in [0, 0.1) is 5.92 Å². The van der Waals surface area contributed by atoms with Gasteiger partial charge in [-0.3, -0.25) is 0 Å². The van der Waals surface area contributed by atoms with E-state index in [1.807, 2.05) is 13.8 Å². The van der Waals surface area contributed by atoms with Crippen molar-refractivity contribution >= 4 is 5.97 Å². The zero-order valence-electron chi connectivity index (χ0n) is 10.7. The average molecular weight is 254 g/mol. The molecule has 0 heterocycles. The summed E-state index contributed by atoms with van der Waals surface area (Å²) >= 11 is 0. The Bertz CT molecular complexity index is 414. The molecule has 0 amide bonds. The highest BCUT2D eigenvalue weighted by molar-refractivity contribution is 5.92. The fourth-order valence-corrected chi connectivity index (χ4v) is 1.33. The summed E-state index contributed by atoms with van der Waals surface area (Å²) in [6.07, 6.45) is -1.14. The number of aromatic hydroxyl groups is 1. The molecule has 0 saturated heterocycles. The Morgan fingerprint density at radius 1 is 1.39 bits per heavy atom. The van der Waals surface area contributed by atoms with Gasteiger partial charge in [-0.2, -0.15) is 0 Å². The van der Waals surface area contributed by atoms with Crippen LogP contribution in [0.5, 0.6) is 5.75 Å². The third-order valence-electron chi connectivity index (χ3n) is 2.30. The van der Waals surface area contributed by atoms with Crippen molar-refractivity contribution in [2.24, 2.45) is 5.92 Å². The van der Waals surface area contributed by atoms with Crippen LogP contribution in [0.25, 0.3) is 0 Å². The minimum absolute atomic E-state index is 0.0178. The molecule has 0 bridgehead atoms. The van der Waals surface area contributed by atoms with Gasteiger partial charge in [0.1, 0.15) is 11.3 Å². The number of hydrogen-bond acceptors (Lipinski definition) is 5. The Hall–Kier alpha value is -1.59. The SMILES string of the molecule is COC(O)c1ccc(O)c(C(=O)OCC(C)C)c1. The molecule has 18 heavy (non-hydrogen) atoms. The molecule has 0 aliphatic rings. The monoisotopic (exact) mass is 254 g/mol. The molecule has 1 aromatic carbocycles. The van der Waals surface area contributed by atoms with E-state index >= 15 is 0 Å². The Kier molecular flexibility index (Phi) is 5.12. The van der Waals surface area contributed by atoms with Crippen molar-refractivity contribution < 1.29 is 24.5 Å². The molecule has 2 N–H and O–H groups in total. The van der Waals surface area contributed by atoms with E-state index in [-0.39, 0.29) is 23.8 Å². The molecule has 0 radical (unpaired) electrons. The number of esters is 1. The second-order valence-electron chi connectivity index (χ2n) is 4.36. The van der Waals surface area contributed by atoms with E-state index in [0.717, 1.165) is 0 Å². The standard InChI is InChI=1S/C13H18O5/c1-8(2)7-18-13(16)10-6-9(12(15)17-3)4-5-11(10)14/h4-6,8,12,14-15H,7H2,1-3H3. The van der Waals surface area contributed by atoms with Crippen molar-refractivity contribution in [1.29, 1.82) is 0 Å². The first-order valence-electron chi connectivity index (χ1n) is 5.66. The van der Waals surface area contributed by atoms with Crippen LogP contribution in [0.4, 0.5) is 0 Å². The van der Waals surface area contributed by atoms with Crippen LogP contribution >= 0.6 is 0 Å². The molecule has 0 aromatic heterocycles. The van der Waals surface area contributed by atoms with E-state index in [1.54, 1.807) is 0 Å². The first-order chi connectivity index (χ1) is 8.45. The van der Waals surface area contributed by atoms with Crippen molar-refractivity contribution in [3.8, 4) is 5.75 Å². The molecule has 1 aromatic rings. The van der Waals surface area contributed by atoms with Gasteiger partial charge < -0.3 is 19.7 Å². The fourth-order valence-electron chi connectivity index (χ4n) is 1.33. The first-order valence-corrected chi connectivity index (χ1v) is 5.66. The van der Waals surface area contributed by atoms with Crippen molar-refractivity contribution in [3.63, 3.8) is 0 Å². The van der Waals surface area contributed by atoms with Crippen LogP contribution in [0.1, 0.15) is 36.1 Å². The molecule has 1 atom stereocenters. The predicted octanol–water partition coefficient (Wildman–Crippen LogP) is 1.84. The number of carbonyl (C=O) groups is 1. The maximum atomic E-state index is 11.7. The van der Waals surface area contributed by atoms with Crippen molar-refractivity contribution in [1.82, 2.24) is 0 Å². The molecule has 0 saturated carbocycles. The zero-order valence-corrected chi connectivity index (χ0v) is 10.7. The van der Waals surface area contributed by atoms with Gasteiger partial charge in [0.15, 0.2) is 6.29 Å². The summed E-state index contributed by atoms with van der Waals surface area (Å²) in [6.45, 7) is 4.10. The van der Waals surface area contributed by atoms with Gasteiger partial charge in [-0.15, -0.1) is 0 Å². The van der Waals surface area contributed by atoms with E-state index in [0.29, 0.717) is 5.56 Å². The van der Waals surface area contributed by atoms with Gasteiger partial charge >= 0.3 is 5.97 Å². The highest BCUT2D eigenvalue weighted by Gasteiger charge is 2.16. The van der Waals surface area contributed by atoms with E-state index < -0.39 is 12.3 Å². The maximum Gasteiger partial charge on any atom is 0.341 e. The Morgan fingerprint density at radius 3 is 2.61 bits per heavy atom. The van der Waals surface area contributed by atoms with Crippen LogP contribution in [0.2, 0.25) is 0 Å². The van der Waals surface area contributed by atoms with Gasteiger partial charge in [-0.05, 0) is 18.1 Å². The molecular formula is C13H18O5.